The molecule has 2 N–H and O–H groups in total. The number of phenols is 1. The lowest BCUT2D eigenvalue weighted by atomic mass is 10.1. The van der Waals surface area contributed by atoms with Crippen LogP contribution in [-0.2, 0) is 6.42 Å². The van der Waals surface area contributed by atoms with Gasteiger partial charge in [-0.25, -0.2) is 4.39 Å². The maximum atomic E-state index is 12.9. The lowest BCUT2D eigenvalue weighted by Gasteiger charge is -2.07. The zero-order chi connectivity index (χ0) is 9.14. The van der Waals surface area contributed by atoms with E-state index in [9.17, 15) is 9.50 Å². The average Bonchev–Trinajstić information content (AvgIpc) is 1.97. The Hall–Kier alpha value is -1.09. The van der Waals surface area contributed by atoms with E-state index in [1.165, 1.54) is 18.2 Å². The maximum Gasteiger partial charge on any atom is 0.130 e. The average molecular weight is 170 g/mol. The van der Waals surface area contributed by atoms with E-state index in [-0.39, 0.29) is 17.7 Å². The number of halogens is 1. The second kappa shape index (κ2) is 3.54. The predicted octanol–water partition coefficient (Wildman–Crippen LogP) is 1.45. The minimum absolute atomic E-state index is 0.101. The van der Waals surface area contributed by atoms with E-state index in [0.717, 1.165) is 0 Å². The molecule has 0 fully saturated rings. The second-order valence-corrected chi connectivity index (χ2v) is 2.79. The molecule has 0 radical (unpaired) electrons. The highest BCUT2D eigenvalue weighted by Crippen LogP contribution is 2.20. The normalized spacial score (nSPS) is 12.9. The monoisotopic (exact) mass is 170 g/mol. The second-order valence-electron chi connectivity index (χ2n) is 2.79. The molecule has 3 heteroatoms. The Morgan fingerprint density at radius 3 is 2.67 bits per heavy atom. The van der Waals surface area contributed by atoms with E-state index >= 15 is 0 Å². The van der Waals surface area contributed by atoms with Gasteiger partial charge in [-0.2, -0.15) is 0 Å². The van der Waals surface area contributed by atoms with Gasteiger partial charge in [-0.3, -0.25) is 0 Å². The Labute approximate surface area is 70.3 Å². The van der Waals surface area contributed by atoms with Gasteiger partial charge in [-0.05, 0) is 19.1 Å². The molecule has 0 saturated carbocycles. The van der Waals surface area contributed by atoms with Crippen LogP contribution < -0.4 is 0 Å². The molecule has 0 spiro atoms. The third kappa shape index (κ3) is 1.95. The van der Waals surface area contributed by atoms with Crippen LogP contribution in [0.1, 0.15) is 12.5 Å². The zero-order valence-corrected chi connectivity index (χ0v) is 6.79. The van der Waals surface area contributed by atoms with Crippen LogP contribution in [0.25, 0.3) is 0 Å². The molecule has 0 amide bonds. The summed E-state index contributed by atoms with van der Waals surface area (Å²) in [5.41, 5.74) is 0.174. The first-order valence-electron chi connectivity index (χ1n) is 3.75. The smallest absolute Gasteiger partial charge is 0.130 e. The summed E-state index contributed by atoms with van der Waals surface area (Å²) in [6.45, 7) is 1.55. The fourth-order valence-electron chi connectivity index (χ4n) is 1.04. The molecule has 1 rings (SSSR count). The van der Waals surface area contributed by atoms with Crippen molar-refractivity contribution in [3.63, 3.8) is 0 Å². The van der Waals surface area contributed by atoms with Crippen molar-refractivity contribution in [2.24, 2.45) is 0 Å². The molecular weight excluding hydrogens is 159 g/mol. The number of phenolic OH excluding ortho intramolecular Hbond substituents is 1. The lowest BCUT2D eigenvalue weighted by Crippen LogP contribution is -2.06. The SMILES string of the molecule is C[C@@H](O)Cc1c(O)cccc1F. The third-order valence-corrected chi connectivity index (χ3v) is 1.59. The van der Waals surface area contributed by atoms with Gasteiger partial charge in [0.25, 0.3) is 0 Å². The summed E-state index contributed by atoms with van der Waals surface area (Å²) in [6, 6.07) is 4.09. The lowest BCUT2D eigenvalue weighted by molar-refractivity contribution is 0.192. The van der Waals surface area contributed by atoms with Crippen LogP contribution >= 0.6 is 0 Å². The van der Waals surface area contributed by atoms with Crippen LogP contribution in [0.15, 0.2) is 18.2 Å². The molecule has 0 bridgehead atoms. The topological polar surface area (TPSA) is 40.5 Å². The summed E-state index contributed by atoms with van der Waals surface area (Å²) in [7, 11) is 0. The summed E-state index contributed by atoms with van der Waals surface area (Å²) in [6.07, 6.45) is -0.508. The van der Waals surface area contributed by atoms with Crippen LogP contribution in [-0.4, -0.2) is 16.3 Å². The van der Waals surface area contributed by atoms with E-state index in [1.807, 2.05) is 0 Å². The quantitative estimate of drug-likeness (QED) is 0.705. The summed E-state index contributed by atoms with van der Waals surface area (Å²) in [5, 5.41) is 18.2. The molecule has 0 heterocycles. The number of hydrogen-bond donors (Lipinski definition) is 2. The van der Waals surface area contributed by atoms with Crippen LogP contribution in [0.3, 0.4) is 0 Å². The number of rotatable bonds is 2. The van der Waals surface area contributed by atoms with Crippen molar-refractivity contribution in [3.8, 4) is 5.75 Å². The van der Waals surface area contributed by atoms with Crippen molar-refractivity contribution < 1.29 is 14.6 Å². The standard InChI is InChI=1S/C9H11FO2/c1-6(11)5-7-8(10)3-2-4-9(7)12/h2-4,6,11-12H,5H2,1H3/t6-/m1/s1. The fourth-order valence-corrected chi connectivity index (χ4v) is 1.04. The summed E-state index contributed by atoms with van der Waals surface area (Å²) >= 11 is 0. The molecule has 0 aliphatic rings. The Bertz CT molecular complexity index is 251. The van der Waals surface area contributed by atoms with Crippen molar-refractivity contribution in [1.82, 2.24) is 0 Å². The van der Waals surface area contributed by atoms with E-state index in [4.69, 9.17) is 5.11 Å². The minimum atomic E-state index is -0.646. The molecule has 12 heavy (non-hydrogen) atoms. The summed E-state index contributed by atoms with van der Waals surface area (Å²) in [5.74, 6) is -0.577. The molecule has 0 unspecified atom stereocenters. The summed E-state index contributed by atoms with van der Waals surface area (Å²) in [4.78, 5) is 0. The highest BCUT2D eigenvalue weighted by atomic mass is 19.1. The van der Waals surface area contributed by atoms with E-state index < -0.39 is 11.9 Å². The molecule has 1 aromatic carbocycles. The molecule has 0 aliphatic carbocycles. The Kier molecular flexibility index (Phi) is 2.65. The molecule has 2 nitrogen and oxygen atoms in total. The first-order chi connectivity index (χ1) is 5.61. The third-order valence-electron chi connectivity index (χ3n) is 1.59. The summed E-state index contributed by atoms with van der Waals surface area (Å²) < 4.78 is 12.9. The molecular formula is C9H11FO2. The minimum Gasteiger partial charge on any atom is -0.508 e. The maximum absolute atomic E-state index is 12.9. The largest absolute Gasteiger partial charge is 0.508 e. The van der Waals surface area contributed by atoms with E-state index in [2.05, 4.69) is 0 Å². The van der Waals surface area contributed by atoms with Crippen LogP contribution in [0.5, 0.6) is 5.75 Å². The highest BCUT2D eigenvalue weighted by Gasteiger charge is 2.09. The fraction of sp³-hybridized carbons (Fsp3) is 0.333. The van der Waals surface area contributed by atoms with Crippen LogP contribution in [0.4, 0.5) is 4.39 Å². The molecule has 0 aliphatic heterocycles. The number of hydrogen-bond acceptors (Lipinski definition) is 2. The first-order valence-corrected chi connectivity index (χ1v) is 3.75. The number of aliphatic hydroxyl groups excluding tert-OH is 1. The highest BCUT2D eigenvalue weighted by molar-refractivity contribution is 5.33. The van der Waals surface area contributed by atoms with Crippen LogP contribution in [0.2, 0.25) is 0 Å². The van der Waals surface area contributed by atoms with Gasteiger partial charge in [-0.15, -0.1) is 0 Å². The van der Waals surface area contributed by atoms with Crippen molar-refractivity contribution in [2.45, 2.75) is 19.4 Å². The van der Waals surface area contributed by atoms with Gasteiger partial charge in [0.15, 0.2) is 0 Å². The zero-order valence-electron chi connectivity index (χ0n) is 6.79. The number of aromatic hydroxyl groups is 1. The van der Waals surface area contributed by atoms with Gasteiger partial charge in [0, 0.05) is 12.0 Å². The number of benzene rings is 1. The van der Waals surface area contributed by atoms with Gasteiger partial charge >= 0.3 is 0 Å². The van der Waals surface area contributed by atoms with Gasteiger partial charge in [0.2, 0.25) is 0 Å². The van der Waals surface area contributed by atoms with Crippen molar-refractivity contribution in [1.29, 1.82) is 0 Å². The first kappa shape index (κ1) is 9.00. The Morgan fingerprint density at radius 1 is 1.50 bits per heavy atom. The Morgan fingerprint density at radius 2 is 2.17 bits per heavy atom. The van der Waals surface area contributed by atoms with Gasteiger partial charge < -0.3 is 10.2 Å². The molecule has 1 atom stereocenters. The molecule has 0 aromatic heterocycles. The van der Waals surface area contributed by atoms with E-state index in [0.29, 0.717) is 0 Å². The predicted molar refractivity (Wildman–Crippen MR) is 43.4 cm³/mol. The van der Waals surface area contributed by atoms with Gasteiger partial charge in [-0.1, -0.05) is 6.07 Å². The van der Waals surface area contributed by atoms with E-state index in [1.54, 1.807) is 6.92 Å². The van der Waals surface area contributed by atoms with Gasteiger partial charge in [0.05, 0.1) is 6.10 Å². The molecule has 66 valence electrons. The van der Waals surface area contributed by atoms with Crippen LogP contribution in [0, 0.1) is 5.82 Å². The molecule has 1 aromatic rings. The van der Waals surface area contributed by atoms with Gasteiger partial charge in [0.1, 0.15) is 11.6 Å². The molecule has 0 saturated heterocycles. The Balaban J connectivity index is 2.96. The van der Waals surface area contributed by atoms with Crippen molar-refractivity contribution >= 4 is 0 Å². The van der Waals surface area contributed by atoms with Crippen molar-refractivity contribution in [3.05, 3.63) is 29.6 Å². The number of aliphatic hydroxyl groups is 1. The van der Waals surface area contributed by atoms with Crippen molar-refractivity contribution in [2.75, 3.05) is 0 Å².